The fraction of sp³-hybridized carbons (Fsp3) is 0.556. The SMILES string of the molecule is CCC(C)(C)c1ccc(OCC(=O)N[C@@H](C(=O)[O-])C(C)C)cc1. The second-order valence-electron chi connectivity index (χ2n) is 6.66. The predicted molar refractivity (Wildman–Crippen MR) is 87.0 cm³/mol. The maximum atomic E-state index is 11.8. The zero-order chi connectivity index (χ0) is 17.6. The van der Waals surface area contributed by atoms with Crippen LogP contribution in [0.3, 0.4) is 0 Å². The van der Waals surface area contributed by atoms with Crippen LogP contribution in [-0.2, 0) is 15.0 Å². The first-order chi connectivity index (χ1) is 10.7. The van der Waals surface area contributed by atoms with Gasteiger partial charge in [-0.25, -0.2) is 0 Å². The minimum Gasteiger partial charge on any atom is -0.548 e. The number of carbonyl (C=O) groups is 2. The zero-order valence-electron chi connectivity index (χ0n) is 14.5. The molecule has 1 amide bonds. The summed E-state index contributed by atoms with van der Waals surface area (Å²) >= 11 is 0. The molecule has 0 aliphatic heterocycles. The van der Waals surface area contributed by atoms with Gasteiger partial charge >= 0.3 is 0 Å². The molecule has 0 saturated carbocycles. The van der Waals surface area contributed by atoms with Crippen LogP contribution in [0.5, 0.6) is 5.75 Å². The van der Waals surface area contributed by atoms with Gasteiger partial charge in [0.2, 0.25) is 0 Å². The van der Waals surface area contributed by atoms with Crippen LogP contribution in [0.4, 0.5) is 0 Å². The Morgan fingerprint density at radius 3 is 2.22 bits per heavy atom. The number of carbonyl (C=O) groups excluding carboxylic acids is 2. The van der Waals surface area contributed by atoms with Crippen molar-refractivity contribution in [1.82, 2.24) is 5.32 Å². The van der Waals surface area contributed by atoms with E-state index in [4.69, 9.17) is 4.74 Å². The Hall–Kier alpha value is -2.04. The molecule has 1 rings (SSSR count). The van der Waals surface area contributed by atoms with Crippen molar-refractivity contribution in [2.75, 3.05) is 6.61 Å². The van der Waals surface area contributed by atoms with Gasteiger partial charge in [-0.2, -0.15) is 0 Å². The normalized spacial score (nSPS) is 12.8. The quantitative estimate of drug-likeness (QED) is 0.790. The summed E-state index contributed by atoms with van der Waals surface area (Å²) in [5, 5.41) is 13.3. The third-order valence-electron chi connectivity index (χ3n) is 4.13. The molecule has 0 aliphatic rings. The lowest BCUT2D eigenvalue weighted by Gasteiger charge is -2.24. The number of amides is 1. The van der Waals surface area contributed by atoms with Crippen LogP contribution in [-0.4, -0.2) is 24.5 Å². The van der Waals surface area contributed by atoms with Gasteiger partial charge in [0.05, 0.1) is 12.0 Å². The summed E-state index contributed by atoms with van der Waals surface area (Å²) in [6, 6.07) is 6.58. The molecule has 1 N–H and O–H groups in total. The van der Waals surface area contributed by atoms with E-state index in [1.165, 1.54) is 5.56 Å². The van der Waals surface area contributed by atoms with E-state index < -0.39 is 17.9 Å². The summed E-state index contributed by atoms with van der Waals surface area (Å²) in [5.41, 5.74) is 1.29. The average molecular weight is 320 g/mol. The molecule has 0 fully saturated rings. The number of benzene rings is 1. The second-order valence-corrected chi connectivity index (χ2v) is 6.66. The summed E-state index contributed by atoms with van der Waals surface area (Å²) in [4.78, 5) is 22.7. The Balaban J connectivity index is 2.58. The van der Waals surface area contributed by atoms with Gasteiger partial charge in [-0.05, 0) is 35.4 Å². The lowest BCUT2D eigenvalue weighted by molar-refractivity contribution is -0.309. The monoisotopic (exact) mass is 320 g/mol. The van der Waals surface area contributed by atoms with Gasteiger partial charge in [0.25, 0.3) is 5.91 Å². The highest BCUT2D eigenvalue weighted by molar-refractivity contribution is 5.83. The highest BCUT2D eigenvalue weighted by Gasteiger charge is 2.19. The molecule has 0 spiro atoms. The molecule has 0 heterocycles. The molecule has 128 valence electrons. The number of nitrogens with one attached hydrogen (secondary N) is 1. The van der Waals surface area contributed by atoms with Crippen molar-refractivity contribution in [2.45, 2.75) is 52.5 Å². The minimum absolute atomic E-state index is 0.0921. The Morgan fingerprint density at radius 1 is 1.22 bits per heavy atom. The van der Waals surface area contributed by atoms with Crippen molar-refractivity contribution >= 4 is 11.9 Å². The fourth-order valence-corrected chi connectivity index (χ4v) is 2.07. The maximum absolute atomic E-state index is 11.8. The summed E-state index contributed by atoms with van der Waals surface area (Å²) < 4.78 is 5.40. The summed E-state index contributed by atoms with van der Waals surface area (Å²) in [5.74, 6) is -1.45. The topological polar surface area (TPSA) is 78.5 Å². The highest BCUT2D eigenvalue weighted by atomic mass is 16.5. The second kappa shape index (κ2) is 7.99. The van der Waals surface area contributed by atoms with Crippen LogP contribution in [0.25, 0.3) is 0 Å². The van der Waals surface area contributed by atoms with Crippen molar-refractivity contribution in [3.05, 3.63) is 29.8 Å². The van der Waals surface area contributed by atoms with E-state index >= 15 is 0 Å². The molecular weight excluding hydrogens is 294 g/mol. The lowest BCUT2D eigenvalue weighted by Crippen LogP contribution is -2.51. The third-order valence-corrected chi connectivity index (χ3v) is 4.13. The summed E-state index contributed by atoms with van der Waals surface area (Å²) in [6.45, 7) is 9.65. The van der Waals surface area contributed by atoms with Gasteiger partial charge in [0.1, 0.15) is 5.75 Å². The number of carboxylic acid groups (broad SMARTS) is 1. The van der Waals surface area contributed by atoms with Gasteiger partial charge in [-0.1, -0.05) is 46.8 Å². The third kappa shape index (κ3) is 5.58. The van der Waals surface area contributed by atoms with Crippen molar-refractivity contribution in [3.63, 3.8) is 0 Å². The Labute approximate surface area is 138 Å². The molecule has 1 aromatic rings. The Morgan fingerprint density at radius 2 is 1.78 bits per heavy atom. The number of aliphatic carboxylic acids is 1. The molecule has 0 aliphatic carbocycles. The van der Waals surface area contributed by atoms with E-state index in [0.29, 0.717) is 5.75 Å². The van der Waals surface area contributed by atoms with Crippen molar-refractivity contribution in [2.24, 2.45) is 5.92 Å². The minimum atomic E-state index is -1.29. The first kappa shape index (κ1) is 19.0. The van der Waals surface area contributed by atoms with E-state index in [9.17, 15) is 14.7 Å². The van der Waals surface area contributed by atoms with Gasteiger partial charge in [0.15, 0.2) is 6.61 Å². The van der Waals surface area contributed by atoms with Crippen LogP contribution in [0, 0.1) is 5.92 Å². The van der Waals surface area contributed by atoms with Crippen molar-refractivity contribution in [3.8, 4) is 5.75 Å². The van der Waals surface area contributed by atoms with E-state index in [2.05, 4.69) is 26.1 Å². The van der Waals surface area contributed by atoms with Crippen molar-refractivity contribution in [1.29, 1.82) is 0 Å². The number of rotatable bonds is 8. The molecule has 0 radical (unpaired) electrons. The molecule has 5 nitrogen and oxygen atoms in total. The Kier molecular flexibility index (Phi) is 6.61. The summed E-state index contributed by atoms with van der Waals surface area (Å²) in [6.07, 6.45) is 1.02. The van der Waals surface area contributed by atoms with Crippen LogP contribution < -0.4 is 15.2 Å². The first-order valence-electron chi connectivity index (χ1n) is 7.91. The van der Waals surface area contributed by atoms with Gasteiger partial charge in [-0.3, -0.25) is 4.79 Å². The van der Waals surface area contributed by atoms with Gasteiger partial charge in [-0.15, -0.1) is 0 Å². The number of ether oxygens (including phenoxy) is 1. The lowest BCUT2D eigenvalue weighted by atomic mass is 9.82. The molecule has 5 heteroatoms. The van der Waals surface area contributed by atoms with E-state index in [1.54, 1.807) is 13.8 Å². The number of hydrogen-bond donors (Lipinski definition) is 1. The largest absolute Gasteiger partial charge is 0.548 e. The van der Waals surface area contributed by atoms with Crippen molar-refractivity contribution < 1.29 is 19.4 Å². The van der Waals surface area contributed by atoms with Crippen LogP contribution in [0.15, 0.2) is 24.3 Å². The molecule has 1 atom stereocenters. The molecular formula is C18H26NO4-. The van der Waals surface area contributed by atoms with E-state index in [1.807, 2.05) is 24.3 Å². The molecule has 0 bridgehead atoms. The number of hydrogen-bond acceptors (Lipinski definition) is 4. The van der Waals surface area contributed by atoms with Gasteiger partial charge < -0.3 is 20.0 Å². The smallest absolute Gasteiger partial charge is 0.258 e. The van der Waals surface area contributed by atoms with Crippen LogP contribution in [0.1, 0.15) is 46.6 Å². The summed E-state index contributed by atoms with van der Waals surface area (Å²) in [7, 11) is 0. The molecule has 0 aromatic heterocycles. The van der Waals surface area contributed by atoms with Gasteiger partial charge in [0, 0.05) is 0 Å². The first-order valence-corrected chi connectivity index (χ1v) is 7.91. The number of carboxylic acids is 1. The van der Waals surface area contributed by atoms with E-state index in [0.717, 1.165) is 6.42 Å². The predicted octanol–water partition coefficient (Wildman–Crippen LogP) is 1.64. The average Bonchev–Trinajstić information content (AvgIpc) is 2.50. The van der Waals surface area contributed by atoms with Crippen LogP contribution >= 0.6 is 0 Å². The Bertz CT molecular complexity index is 534. The highest BCUT2D eigenvalue weighted by Crippen LogP contribution is 2.27. The molecule has 1 aromatic carbocycles. The maximum Gasteiger partial charge on any atom is 0.258 e. The molecule has 0 saturated heterocycles. The zero-order valence-corrected chi connectivity index (χ0v) is 14.5. The fourth-order valence-electron chi connectivity index (χ4n) is 2.07. The molecule has 23 heavy (non-hydrogen) atoms. The standard InChI is InChI=1S/C18H27NO4/c1-6-18(4,5)13-7-9-14(10-8-13)23-11-15(20)19-16(12(2)3)17(21)22/h7-10,12,16H,6,11H2,1-5H3,(H,19,20)(H,21,22)/p-1/t16-/m1/s1. The van der Waals surface area contributed by atoms with Crippen LogP contribution in [0.2, 0.25) is 0 Å². The van der Waals surface area contributed by atoms with E-state index in [-0.39, 0.29) is 17.9 Å². The molecule has 0 unspecified atom stereocenters.